The van der Waals surface area contributed by atoms with E-state index in [9.17, 15) is 5.11 Å². The fourth-order valence-corrected chi connectivity index (χ4v) is 1.91. The molecule has 1 aromatic heterocycles. The zero-order chi connectivity index (χ0) is 16.1. The summed E-state index contributed by atoms with van der Waals surface area (Å²) in [6.07, 6.45) is 1.45. The molecule has 3 rings (SSSR count). The lowest BCUT2D eigenvalue weighted by atomic mass is 10.2. The van der Waals surface area contributed by atoms with Crippen LogP contribution in [0.15, 0.2) is 53.6 Å². The number of nitrogens with zero attached hydrogens (tertiary/aromatic N) is 5. The second kappa shape index (κ2) is 6.56. The first-order valence-electron chi connectivity index (χ1n) is 6.78. The van der Waals surface area contributed by atoms with E-state index in [1.807, 2.05) is 30.3 Å². The number of hydrogen-bond acceptors (Lipinski definition) is 7. The van der Waals surface area contributed by atoms with Crippen LogP contribution in [0.5, 0.6) is 11.5 Å². The molecule has 0 aliphatic carbocycles. The summed E-state index contributed by atoms with van der Waals surface area (Å²) in [4.78, 5) is 1.23. The highest BCUT2D eigenvalue weighted by atomic mass is 16.5. The van der Waals surface area contributed by atoms with Crippen LogP contribution in [-0.4, -0.2) is 38.7 Å². The predicted octanol–water partition coefficient (Wildman–Crippen LogP) is 2.01. The van der Waals surface area contributed by atoms with E-state index >= 15 is 0 Å². The second-order valence-electron chi connectivity index (χ2n) is 4.53. The Morgan fingerprint density at radius 1 is 1.17 bits per heavy atom. The zero-order valence-electron chi connectivity index (χ0n) is 12.3. The van der Waals surface area contributed by atoms with Crippen molar-refractivity contribution in [2.75, 3.05) is 12.4 Å². The van der Waals surface area contributed by atoms with Crippen LogP contribution in [0, 0.1) is 0 Å². The molecule has 0 fully saturated rings. The number of tetrazole rings is 1. The van der Waals surface area contributed by atoms with E-state index in [0.29, 0.717) is 17.3 Å². The Hall–Kier alpha value is -3.42. The Morgan fingerprint density at radius 3 is 2.78 bits per heavy atom. The summed E-state index contributed by atoms with van der Waals surface area (Å²) in [6.45, 7) is 0. The molecule has 2 N–H and O–H groups in total. The van der Waals surface area contributed by atoms with Crippen LogP contribution in [0.2, 0.25) is 0 Å². The van der Waals surface area contributed by atoms with Crippen molar-refractivity contribution >= 4 is 17.9 Å². The summed E-state index contributed by atoms with van der Waals surface area (Å²) in [5.74, 6) is 0.729. The molecular weight excluding hydrogens is 296 g/mol. The first-order valence-corrected chi connectivity index (χ1v) is 6.78. The van der Waals surface area contributed by atoms with E-state index in [2.05, 4.69) is 25.9 Å². The second-order valence-corrected chi connectivity index (χ2v) is 4.53. The van der Waals surface area contributed by atoms with Crippen molar-refractivity contribution in [1.82, 2.24) is 20.3 Å². The maximum Gasteiger partial charge on any atom is 0.269 e. The minimum absolute atomic E-state index is 0.00407. The summed E-state index contributed by atoms with van der Waals surface area (Å²) < 4.78 is 5.05. The van der Waals surface area contributed by atoms with Crippen LogP contribution in [0.3, 0.4) is 0 Å². The first kappa shape index (κ1) is 14.5. The molecule has 0 saturated heterocycles. The molecule has 0 radical (unpaired) electrons. The van der Waals surface area contributed by atoms with E-state index in [1.165, 1.54) is 18.1 Å². The summed E-state index contributed by atoms with van der Waals surface area (Å²) in [5, 5.41) is 28.5. The molecule has 0 amide bonds. The van der Waals surface area contributed by atoms with Crippen molar-refractivity contribution in [2.45, 2.75) is 0 Å². The van der Waals surface area contributed by atoms with Crippen LogP contribution < -0.4 is 10.1 Å². The van der Waals surface area contributed by atoms with Gasteiger partial charge in [-0.2, -0.15) is 5.10 Å². The molecule has 0 unspecified atom stereocenters. The van der Waals surface area contributed by atoms with Crippen LogP contribution in [0.1, 0.15) is 5.56 Å². The van der Waals surface area contributed by atoms with Gasteiger partial charge in [0.25, 0.3) is 5.95 Å². The molecule has 8 nitrogen and oxygen atoms in total. The SMILES string of the molecule is COc1cccc(/C=N/n2nnnc2Nc2ccccc2)c1O. The quantitative estimate of drug-likeness (QED) is 0.700. The topological polar surface area (TPSA) is 97.5 Å². The molecule has 0 atom stereocenters. The molecule has 116 valence electrons. The molecule has 2 aromatic carbocycles. The molecule has 0 aliphatic rings. The number of anilines is 2. The summed E-state index contributed by atoms with van der Waals surface area (Å²) in [7, 11) is 1.49. The van der Waals surface area contributed by atoms with Gasteiger partial charge in [-0.1, -0.05) is 34.2 Å². The lowest BCUT2D eigenvalue weighted by molar-refractivity contribution is 0.373. The van der Waals surface area contributed by atoms with E-state index in [0.717, 1.165) is 5.69 Å². The third kappa shape index (κ3) is 3.26. The van der Waals surface area contributed by atoms with Crippen molar-refractivity contribution in [3.63, 3.8) is 0 Å². The van der Waals surface area contributed by atoms with Gasteiger partial charge in [0, 0.05) is 11.3 Å². The van der Waals surface area contributed by atoms with Crippen molar-refractivity contribution in [1.29, 1.82) is 0 Å². The van der Waals surface area contributed by atoms with Crippen molar-refractivity contribution in [3.05, 3.63) is 54.1 Å². The number of aromatic nitrogens is 4. The summed E-state index contributed by atoms with van der Waals surface area (Å²) in [5.41, 5.74) is 1.33. The van der Waals surface area contributed by atoms with Gasteiger partial charge in [0.05, 0.1) is 13.3 Å². The number of hydrogen-bond donors (Lipinski definition) is 2. The van der Waals surface area contributed by atoms with Gasteiger partial charge in [-0.3, -0.25) is 0 Å². The first-order chi connectivity index (χ1) is 11.3. The van der Waals surface area contributed by atoms with Gasteiger partial charge >= 0.3 is 0 Å². The third-order valence-corrected chi connectivity index (χ3v) is 3.04. The van der Waals surface area contributed by atoms with Gasteiger partial charge < -0.3 is 15.2 Å². The average Bonchev–Trinajstić information content (AvgIpc) is 3.02. The smallest absolute Gasteiger partial charge is 0.269 e. The fourth-order valence-electron chi connectivity index (χ4n) is 1.91. The highest BCUT2D eigenvalue weighted by Gasteiger charge is 2.07. The highest BCUT2D eigenvalue weighted by molar-refractivity contribution is 5.84. The van der Waals surface area contributed by atoms with Gasteiger partial charge in [-0.15, -0.1) is 0 Å². The Bertz CT molecular complexity index is 816. The van der Waals surface area contributed by atoms with Crippen LogP contribution in [-0.2, 0) is 0 Å². The molecule has 0 saturated carbocycles. The van der Waals surface area contributed by atoms with Crippen LogP contribution in [0.4, 0.5) is 11.6 Å². The van der Waals surface area contributed by atoms with Gasteiger partial charge in [-0.25, -0.2) is 0 Å². The molecule has 3 aromatic rings. The molecule has 0 aliphatic heterocycles. The van der Waals surface area contributed by atoms with Crippen LogP contribution in [0.25, 0.3) is 0 Å². The Balaban J connectivity index is 1.83. The van der Waals surface area contributed by atoms with E-state index in [-0.39, 0.29) is 5.75 Å². The van der Waals surface area contributed by atoms with E-state index < -0.39 is 0 Å². The van der Waals surface area contributed by atoms with Gasteiger partial charge in [0.15, 0.2) is 11.5 Å². The Morgan fingerprint density at radius 2 is 2.00 bits per heavy atom. The van der Waals surface area contributed by atoms with Gasteiger partial charge in [0.1, 0.15) is 0 Å². The predicted molar refractivity (Wildman–Crippen MR) is 85.2 cm³/mol. The maximum atomic E-state index is 10.0. The van der Waals surface area contributed by atoms with Crippen molar-refractivity contribution in [3.8, 4) is 11.5 Å². The maximum absolute atomic E-state index is 10.0. The largest absolute Gasteiger partial charge is 0.504 e. The zero-order valence-corrected chi connectivity index (χ0v) is 12.3. The number of phenolic OH excluding ortho intramolecular Hbond substituents is 1. The van der Waals surface area contributed by atoms with E-state index in [4.69, 9.17) is 4.74 Å². The number of benzene rings is 2. The standard InChI is InChI=1S/C15H14N6O2/c1-23-13-9-5-6-11(14(13)22)10-16-21-15(18-19-20-21)17-12-7-3-2-4-8-12/h2-10,22H,1H3,(H,17,18,20)/b16-10+. The molecule has 23 heavy (non-hydrogen) atoms. The molecule has 8 heteroatoms. The Kier molecular flexibility index (Phi) is 4.14. The number of aromatic hydroxyl groups is 1. The molecule has 0 spiro atoms. The average molecular weight is 310 g/mol. The monoisotopic (exact) mass is 310 g/mol. The third-order valence-electron chi connectivity index (χ3n) is 3.04. The normalized spacial score (nSPS) is 10.8. The number of para-hydroxylation sites is 2. The summed E-state index contributed by atoms with van der Waals surface area (Å²) >= 11 is 0. The van der Waals surface area contributed by atoms with Crippen molar-refractivity contribution < 1.29 is 9.84 Å². The lowest BCUT2D eigenvalue weighted by Gasteiger charge is -2.05. The lowest BCUT2D eigenvalue weighted by Crippen LogP contribution is -2.01. The van der Waals surface area contributed by atoms with Gasteiger partial charge in [0.2, 0.25) is 0 Å². The molecule has 1 heterocycles. The summed E-state index contributed by atoms with van der Waals surface area (Å²) in [6, 6.07) is 14.6. The minimum Gasteiger partial charge on any atom is -0.504 e. The number of phenols is 1. The van der Waals surface area contributed by atoms with E-state index in [1.54, 1.807) is 18.2 Å². The number of rotatable bonds is 5. The number of ether oxygens (including phenoxy) is 1. The minimum atomic E-state index is 0.00407. The molecular formula is C15H14N6O2. The number of nitrogens with one attached hydrogen (secondary N) is 1. The van der Waals surface area contributed by atoms with Crippen molar-refractivity contribution in [2.24, 2.45) is 5.10 Å². The Labute approximate surface area is 132 Å². The number of methoxy groups -OCH3 is 1. The van der Waals surface area contributed by atoms with Crippen LogP contribution >= 0.6 is 0 Å². The highest BCUT2D eigenvalue weighted by Crippen LogP contribution is 2.28. The fraction of sp³-hybridized carbons (Fsp3) is 0.0667. The van der Waals surface area contributed by atoms with Gasteiger partial charge in [-0.05, 0) is 34.7 Å². The molecule has 0 bridgehead atoms.